The number of carboxylic acid groups (broad SMARTS) is 1. The molecule has 3 aromatic carbocycles. The van der Waals surface area contributed by atoms with Crippen LogP contribution in [-0.2, 0) is 0 Å². The van der Waals surface area contributed by atoms with Gasteiger partial charge in [0.15, 0.2) is 5.78 Å². The minimum absolute atomic E-state index is 0.0141. The number of hydrogen-bond acceptors (Lipinski definition) is 2. The Labute approximate surface area is 133 Å². The van der Waals surface area contributed by atoms with E-state index < -0.39 is 5.97 Å². The largest absolute Gasteiger partial charge is 0.478 e. The average molecular weight is 302 g/mol. The van der Waals surface area contributed by atoms with Gasteiger partial charge in [0, 0.05) is 11.1 Å². The zero-order valence-electron chi connectivity index (χ0n) is 12.3. The first kappa shape index (κ1) is 14.7. The number of carboxylic acids is 1. The Balaban J connectivity index is 2.08. The van der Waals surface area contributed by atoms with Gasteiger partial charge < -0.3 is 5.11 Å². The molecule has 0 aliphatic heterocycles. The molecule has 0 fully saturated rings. The van der Waals surface area contributed by atoms with Crippen LogP contribution >= 0.6 is 0 Å². The van der Waals surface area contributed by atoms with E-state index in [0.29, 0.717) is 5.56 Å². The summed E-state index contributed by atoms with van der Waals surface area (Å²) in [6.07, 6.45) is 0. The molecule has 3 rings (SSSR count). The van der Waals surface area contributed by atoms with Crippen LogP contribution in [0.5, 0.6) is 0 Å². The lowest BCUT2D eigenvalue weighted by Gasteiger charge is -2.09. The van der Waals surface area contributed by atoms with Gasteiger partial charge in [-0.2, -0.15) is 0 Å². The molecule has 0 unspecified atom stereocenters. The Morgan fingerprint density at radius 1 is 0.652 bits per heavy atom. The van der Waals surface area contributed by atoms with Crippen molar-refractivity contribution in [2.45, 2.75) is 0 Å². The van der Waals surface area contributed by atoms with Crippen LogP contribution in [0.1, 0.15) is 26.3 Å². The van der Waals surface area contributed by atoms with Gasteiger partial charge in [0.2, 0.25) is 0 Å². The minimum Gasteiger partial charge on any atom is -0.478 e. The average Bonchev–Trinajstić information content (AvgIpc) is 2.62. The number of hydrogen-bond donors (Lipinski definition) is 1. The number of carbonyl (C=O) groups is 2. The van der Waals surface area contributed by atoms with Gasteiger partial charge in [-0.1, -0.05) is 66.7 Å². The summed E-state index contributed by atoms with van der Waals surface area (Å²) in [5, 5.41) is 9.48. The summed E-state index contributed by atoms with van der Waals surface area (Å²) in [6.45, 7) is 0. The second kappa shape index (κ2) is 6.28. The van der Waals surface area contributed by atoms with Crippen LogP contribution in [0.15, 0.2) is 78.9 Å². The Hall–Kier alpha value is -3.20. The topological polar surface area (TPSA) is 54.4 Å². The molecule has 0 spiro atoms. The number of aromatic carboxylic acids is 1. The van der Waals surface area contributed by atoms with Crippen LogP contribution < -0.4 is 0 Å². The maximum Gasteiger partial charge on any atom is 0.336 e. The Morgan fingerprint density at radius 2 is 1.26 bits per heavy atom. The Morgan fingerprint density at radius 3 is 1.87 bits per heavy atom. The van der Waals surface area contributed by atoms with Gasteiger partial charge in [-0.05, 0) is 23.3 Å². The molecule has 1 N–H and O–H groups in total. The quantitative estimate of drug-likeness (QED) is 0.732. The van der Waals surface area contributed by atoms with E-state index in [1.165, 1.54) is 0 Å². The molecule has 0 saturated heterocycles. The maximum absolute atomic E-state index is 12.6. The van der Waals surface area contributed by atoms with Gasteiger partial charge in [0.05, 0.1) is 5.56 Å². The van der Waals surface area contributed by atoms with E-state index in [9.17, 15) is 14.7 Å². The third-order valence-corrected chi connectivity index (χ3v) is 3.64. The normalized spacial score (nSPS) is 10.3. The second-order valence-electron chi connectivity index (χ2n) is 5.13. The standard InChI is InChI=1S/C20H14O3/c21-19(15-9-5-2-6-10-15)17-12-11-16(13-18(17)20(22)23)14-7-3-1-4-8-14/h1-13H,(H,22,23). The Kier molecular flexibility index (Phi) is 4.02. The monoisotopic (exact) mass is 302 g/mol. The lowest BCUT2D eigenvalue weighted by Crippen LogP contribution is -2.10. The Bertz CT molecular complexity index is 853. The van der Waals surface area contributed by atoms with Crippen molar-refractivity contribution in [1.82, 2.24) is 0 Å². The number of ketones is 1. The molecule has 3 heteroatoms. The zero-order chi connectivity index (χ0) is 16.2. The van der Waals surface area contributed by atoms with Crippen LogP contribution in [-0.4, -0.2) is 16.9 Å². The van der Waals surface area contributed by atoms with Gasteiger partial charge in [-0.3, -0.25) is 4.79 Å². The fourth-order valence-corrected chi connectivity index (χ4v) is 2.47. The number of rotatable bonds is 4. The molecule has 0 aliphatic carbocycles. The number of carbonyl (C=O) groups excluding carboxylic acids is 1. The third kappa shape index (κ3) is 3.04. The first-order valence-electron chi connectivity index (χ1n) is 7.19. The van der Waals surface area contributed by atoms with Crippen LogP contribution in [0.2, 0.25) is 0 Å². The van der Waals surface area contributed by atoms with Crippen molar-refractivity contribution < 1.29 is 14.7 Å². The van der Waals surface area contributed by atoms with Crippen molar-refractivity contribution in [3.63, 3.8) is 0 Å². The predicted molar refractivity (Wildman–Crippen MR) is 88.7 cm³/mol. The van der Waals surface area contributed by atoms with E-state index >= 15 is 0 Å². The van der Waals surface area contributed by atoms with Gasteiger partial charge in [-0.15, -0.1) is 0 Å². The van der Waals surface area contributed by atoms with Crippen LogP contribution in [0.4, 0.5) is 0 Å². The molecule has 112 valence electrons. The second-order valence-corrected chi connectivity index (χ2v) is 5.13. The molecule has 0 radical (unpaired) electrons. The summed E-state index contributed by atoms with van der Waals surface area (Å²) >= 11 is 0. The highest BCUT2D eigenvalue weighted by Crippen LogP contribution is 2.24. The lowest BCUT2D eigenvalue weighted by atomic mass is 9.94. The highest BCUT2D eigenvalue weighted by molar-refractivity contribution is 6.14. The molecule has 0 saturated carbocycles. The smallest absolute Gasteiger partial charge is 0.336 e. The summed E-state index contributed by atoms with van der Waals surface area (Å²) in [5.74, 6) is -1.40. The molecule has 0 atom stereocenters. The highest BCUT2D eigenvalue weighted by atomic mass is 16.4. The molecule has 23 heavy (non-hydrogen) atoms. The van der Waals surface area contributed by atoms with Crippen molar-refractivity contribution in [3.05, 3.63) is 95.6 Å². The summed E-state index contributed by atoms with van der Waals surface area (Å²) in [7, 11) is 0. The predicted octanol–water partition coefficient (Wildman–Crippen LogP) is 4.28. The molecular weight excluding hydrogens is 288 g/mol. The van der Waals surface area contributed by atoms with Crippen molar-refractivity contribution in [1.29, 1.82) is 0 Å². The van der Waals surface area contributed by atoms with Crippen LogP contribution in [0.3, 0.4) is 0 Å². The van der Waals surface area contributed by atoms with Crippen molar-refractivity contribution in [2.75, 3.05) is 0 Å². The SMILES string of the molecule is O=C(O)c1cc(-c2ccccc2)ccc1C(=O)c1ccccc1. The first-order chi connectivity index (χ1) is 11.2. The molecule has 0 heterocycles. The van der Waals surface area contributed by atoms with E-state index in [0.717, 1.165) is 11.1 Å². The minimum atomic E-state index is -1.11. The molecule has 0 amide bonds. The van der Waals surface area contributed by atoms with Gasteiger partial charge >= 0.3 is 5.97 Å². The van der Waals surface area contributed by atoms with E-state index in [2.05, 4.69) is 0 Å². The fourth-order valence-electron chi connectivity index (χ4n) is 2.47. The summed E-state index contributed by atoms with van der Waals surface area (Å²) in [4.78, 5) is 24.1. The molecule has 0 aliphatic rings. The van der Waals surface area contributed by atoms with Crippen molar-refractivity contribution in [2.24, 2.45) is 0 Å². The van der Waals surface area contributed by atoms with Crippen LogP contribution in [0.25, 0.3) is 11.1 Å². The fraction of sp³-hybridized carbons (Fsp3) is 0. The molecule has 3 aromatic rings. The van der Waals surface area contributed by atoms with Crippen LogP contribution in [0, 0.1) is 0 Å². The first-order valence-corrected chi connectivity index (χ1v) is 7.19. The number of benzene rings is 3. The summed E-state index contributed by atoms with van der Waals surface area (Å²) in [5.41, 5.74) is 2.37. The van der Waals surface area contributed by atoms with E-state index in [1.54, 1.807) is 42.5 Å². The molecule has 0 aromatic heterocycles. The lowest BCUT2D eigenvalue weighted by molar-refractivity contribution is 0.0693. The molecule has 0 bridgehead atoms. The maximum atomic E-state index is 12.6. The summed E-state index contributed by atoms with van der Waals surface area (Å²) < 4.78 is 0. The van der Waals surface area contributed by atoms with E-state index in [1.807, 2.05) is 36.4 Å². The van der Waals surface area contributed by atoms with E-state index in [4.69, 9.17) is 0 Å². The van der Waals surface area contributed by atoms with Gasteiger partial charge in [0.25, 0.3) is 0 Å². The summed E-state index contributed by atoms with van der Waals surface area (Å²) in [6, 6.07) is 23.1. The van der Waals surface area contributed by atoms with Gasteiger partial charge in [0.1, 0.15) is 0 Å². The van der Waals surface area contributed by atoms with Crippen molar-refractivity contribution >= 4 is 11.8 Å². The van der Waals surface area contributed by atoms with E-state index in [-0.39, 0.29) is 16.9 Å². The molecular formula is C20H14O3. The van der Waals surface area contributed by atoms with Crippen molar-refractivity contribution in [3.8, 4) is 11.1 Å². The van der Waals surface area contributed by atoms with Gasteiger partial charge in [-0.25, -0.2) is 4.79 Å². The third-order valence-electron chi connectivity index (χ3n) is 3.64. The highest BCUT2D eigenvalue weighted by Gasteiger charge is 2.18. The zero-order valence-corrected chi connectivity index (χ0v) is 12.3. The molecule has 3 nitrogen and oxygen atoms in total.